The van der Waals surface area contributed by atoms with Gasteiger partial charge >= 0.3 is 15.5 Å². The highest BCUT2D eigenvalue weighted by atomic mass is 32.2. The summed E-state index contributed by atoms with van der Waals surface area (Å²) < 4.78 is 71.8. The minimum Gasteiger partial charge on any atom is -0.467 e. The molecule has 0 spiro atoms. The first kappa shape index (κ1) is 23.5. The van der Waals surface area contributed by atoms with Gasteiger partial charge in [-0.05, 0) is 37.3 Å². The van der Waals surface area contributed by atoms with Gasteiger partial charge in [-0.3, -0.25) is 4.99 Å². The number of nitrogens with zero attached hydrogens (tertiary/aromatic N) is 2. The van der Waals surface area contributed by atoms with Gasteiger partial charge in [0.25, 0.3) is 0 Å². The summed E-state index contributed by atoms with van der Waals surface area (Å²) in [6.45, 7) is 1.86. The zero-order valence-corrected chi connectivity index (χ0v) is 17.1. The first-order valence-corrected chi connectivity index (χ1v) is 10.8. The fourth-order valence-electron chi connectivity index (χ4n) is 2.91. The average molecular weight is 440 g/mol. The predicted molar refractivity (Wildman–Crippen MR) is 102 cm³/mol. The van der Waals surface area contributed by atoms with E-state index in [4.69, 9.17) is 9.15 Å². The van der Waals surface area contributed by atoms with E-state index in [9.17, 15) is 21.6 Å². The first-order chi connectivity index (χ1) is 13.7. The number of halogens is 3. The summed E-state index contributed by atoms with van der Waals surface area (Å²) in [6.07, 6.45) is 3.07. The van der Waals surface area contributed by atoms with Crippen molar-refractivity contribution >= 4 is 16.0 Å². The van der Waals surface area contributed by atoms with E-state index in [0.717, 1.165) is 12.2 Å². The van der Waals surface area contributed by atoms with Crippen molar-refractivity contribution in [2.45, 2.75) is 31.4 Å². The van der Waals surface area contributed by atoms with E-state index < -0.39 is 15.5 Å². The van der Waals surface area contributed by atoms with Crippen LogP contribution in [0.3, 0.4) is 0 Å². The average Bonchev–Trinajstić information content (AvgIpc) is 3.20. The summed E-state index contributed by atoms with van der Waals surface area (Å²) in [6, 6.07) is 3.64. The highest BCUT2D eigenvalue weighted by Crippen LogP contribution is 2.30. The number of guanidine groups is 1. The Labute approximate surface area is 168 Å². The van der Waals surface area contributed by atoms with E-state index in [2.05, 4.69) is 15.6 Å². The molecule has 8 nitrogen and oxygen atoms in total. The minimum absolute atomic E-state index is 0.0739. The molecule has 1 fully saturated rings. The molecule has 1 aromatic rings. The number of hydrogen-bond donors (Lipinski definition) is 2. The van der Waals surface area contributed by atoms with E-state index >= 15 is 0 Å². The molecule has 2 N–H and O–H groups in total. The minimum atomic E-state index is -5.24. The lowest BCUT2D eigenvalue weighted by Gasteiger charge is -2.31. The van der Waals surface area contributed by atoms with Gasteiger partial charge in [0, 0.05) is 39.8 Å². The molecule has 0 amide bonds. The van der Waals surface area contributed by atoms with Crippen molar-refractivity contribution in [2.24, 2.45) is 10.9 Å². The molecular weight excluding hydrogens is 413 g/mol. The van der Waals surface area contributed by atoms with Crippen molar-refractivity contribution in [1.82, 2.24) is 14.9 Å². The van der Waals surface area contributed by atoms with Crippen molar-refractivity contribution in [3.63, 3.8) is 0 Å². The number of furan rings is 1. The Morgan fingerprint density at radius 1 is 1.34 bits per heavy atom. The van der Waals surface area contributed by atoms with Crippen LogP contribution >= 0.6 is 0 Å². The molecule has 0 aromatic carbocycles. The van der Waals surface area contributed by atoms with Crippen LogP contribution < -0.4 is 10.6 Å². The van der Waals surface area contributed by atoms with E-state index in [0.29, 0.717) is 49.4 Å². The third-order valence-electron chi connectivity index (χ3n) is 4.57. The molecule has 1 aromatic heterocycles. The number of hydrogen-bond acceptors (Lipinski definition) is 5. The number of ether oxygens (including phenoxy) is 1. The van der Waals surface area contributed by atoms with Crippen molar-refractivity contribution in [3.8, 4) is 0 Å². The van der Waals surface area contributed by atoms with Crippen LogP contribution in [-0.2, 0) is 21.4 Å². The number of alkyl halides is 3. The Kier molecular flexibility index (Phi) is 8.78. The Morgan fingerprint density at radius 2 is 2.07 bits per heavy atom. The zero-order valence-electron chi connectivity index (χ0n) is 16.2. The van der Waals surface area contributed by atoms with Crippen molar-refractivity contribution < 1.29 is 30.7 Å². The molecule has 0 atom stereocenters. The van der Waals surface area contributed by atoms with E-state index in [1.165, 1.54) is 0 Å². The topological polar surface area (TPSA) is 96.2 Å². The van der Waals surface area contributed by atoms with Gasteiger partial charge in [0.15, 0.2) is 5.96 Å². The number of sulfonamides is 1. The molecule has 1 aliphatic rings. The quantitative estimate of drug-likeness (QED) is 0.346. The van der Waals surface area contributed by atoms with Crippen LogP contribution in [0.5, 0.6) is 0 Å². The van der Waals surface area contributed by atoms with Crippen molar-refractivity contribution in [2.75, 3.05) is 39.8 Å². The summed E-state index contributed by atoms with van der Waals surface area (Å²) >= 11 is 0. The fraction of sp³-hybridized carbons (Fsp3) is 0.706. The second-order valence-electron chi connectivity index (χ2n) is 6.66. The molecule has 0 radical (unpaired) electrons. The number of rotatable bonds is 9. The van der Waals surface area contributed by atoms with Gasteiger partial charge in [0.05, 0.1) is 6.26 Å². The highest BCUT2D eigenvalue weighted by molar-refractivity contribution is 7.90. The van der Waals surface area contributed by atoms with Gasteiger partial charge in [0.2, 0.25) is 0 Å². The molecule has 0 unspecified atom stereocenters. The predicted octanol–water partition coefficient (Wildman–Crippen LogP) is 1.91. The zero-order chi connectivity index (χ0) is 21.3. The molecule has 29 heavy (non-hydrogen) atoms. The Morgan fingerprint density at radius 3 is 2.66 bits per heavy atom. The lowest BCUT2D eigenvalue weighted by atomic mass is 9.98. The fourth-order valence-corrected chi connectivity index (χ4v) is 3.89. The molecule has 2 heterocycles. The maximum absolute atomic E-state index is 12.6. The molecular formula is C17H27F3N4O4S. The molecule has 0 saturated carbocycles. The second kappa shape index (κ2) is 10.8. The van der Waals surface area contributed by atoms with E-state index in [-0.39, 0.29) is 19.0 Å². The van der Waals surface area contributed by atoms with Crippen LogP contribution in [0, 0.1) is 5.92 Å². The summed E-state index contributed by atoms with van der Waals surface area (Å²) in [5.41, 5.74) is -5.24. The largest absolute Gasteiger partial charge is 0.511 e. The van der Waals surface area contributed by atoms with Crippen LogP contribution in [0.25, 0.3) is 0 Å². The van der Waals surface area contributed by atoms with Gasteiger partial charge in [0.1, 0.15) is 12.4 Å². The third-order valence-corrected chi connectivity index (χ3v) is 6.20. The van der Waals surface area contributed by atoms with Crippen LogP contribution in [0.4, 0.5) is 13.2 Å². The monoisotopic (exact) mass is 440 g/mol. The standard InChI is InChI=1S/C17H27F3N4O4S/c1-21-16(22-7-3-10-27-13-15-4-2-11-28-15)23-12-14-5-8-24(9-6-14)29(25,26)17(18,19)20/h2,4,11,14H,3,5-10,12-13H2,1H3,(H2,21,22,23). The van der Waals surface area contributed by atoms with Gasteiger partial charge < -0.3 is 19.8 Å². The third kappa shape index (κ3) is 7.19. The van der Waals surface area contributed by atoms with Crippen LogP contribution in [0.2, 0.25) is 0 Å². The summed E-state index contributed by atoms with van der Waals surface area (Å²) in [5.74, 6) is 1.43. The Hall–Kier alpha value is -1.79. The normalized spacial score (nSPS) is 17.4. The van der Waals surface area contributed by atoms with E-state index in [1.807, 2.05) is 6.07 Å². The van der Waals surface area contributed by atoms with Crippen molar-refractivity contribution in [3.05, 3.63) is 24.2 Å². The van der Waals surface area contributed by atoms with Crippen LogP contribution in [-0.4, -0.2) is 64.0 Å². The first-order valence-electron chi connectivity index (χ1n) is 9.35. The summed E-state index contributed by atoms with van der Waals surface area (Å²) in [5, 5.41) is 6.27. The van der Waals surface area contributed by atoms with Crippen molar-refractivity contribution in [1.29, 1.82) is 0 Å². The lowest BCUT2D eigenvalue weighted by Crippen LogP contribution is -2.47. The molecule has 1 saturated heterocycles. The molecule has 2 rings (SSSR count). The number of piperidine rings is 1. The molecule has 0 bridgehead atoms. The Balaban J connectivity index is 1.60. The highest BCUT2D eigenvalue weighted by Gasteiger charge is 2.50. The summed E-state index contributed by atoms with van der Waals surface area (Å²) in [4.78, 5) is 4.10. The Bertz CT molecular complexity index is 730. The lowest BCUT2D eigenvalue weighted by molar-refractivity contribution is -0.0496. The summed E-state index contributed by atoms with van der Waals surface area (Å²) in [7, 11) is -3.61. The maximum Gasteiger partial charge on any atom is 0.511 e. The van der Waals surface area contributed by atoms with Crippen LogP contribution in [0.15, 0.2) is 27.8 Å². The maximum atomic E-state index is 12.6. The van der Waals surface area contributed by atoms with Gasteiger partial charge in [-0.1, -0.05) is 0 Å². The number of nitrogens with one attached hydrogen (secondary N) is 2. The van der Waals surface area contributed by atoms with Crippen LogP contribution in [0.1, 0.15) is 25.0 Å². The van der Waals surface area contributed by atoms with E-state index in [1.54, 1.807) is 19.4 Å². The SMILES string of the molecule is CN=C(NCCCOCc1ccco1)NCC1CCN(S(=O)(=O)C(F)(F)F)CC1. The second-order valence-corrected chi connectivity index (χ2v) is 8.59. The molecule has 1 aliphatic heterocycles. The van der Waals surface area contributed by atoms with Gasteiger partial charge in [-0.25, -0.2) is 8.42 Å². The molecule has 166 valence electrons. The smallest absolute Gasteiger partial charge is 0.467 e. The molecule has 12 heteroatoms. The van der Waals surface area contributed by atoms with Gasteiger partial charge in [-0.2, -0.15) is 17.5 Å². The molecule has 0 aliphatic carbocycles. The number of aliphatic imine (C=N–C) groups is 1. The van der Waals surface area contributed by atoms with Gasteiger partial charge in [-0.15, -0.1) is 0 Å².